The van der Waals surface area contributed by atoms with Crippen LogP contribution >= 0.6 is 0 Å². The monoisotopic (exact) mass is 341 g/mol. The Morgan fingerprint density at radius 2 is 2.04 bits per heavy atom. The van der Waals surface area contributed by atoms with Crippen LogP contribution in [0.25, 0.3) is 0 Å². The molecule has 5 nitrogen and oxygen atoms in total. The Bertz CT molecular complexity index is 570. The lowest BCUT2D eigenvalue weighted by Crippen LogP contribution is -2.46. The van der Waals surface area contributed by atoms with Gasteiger partial charge in [0.05, 0.1) is 13.2 Å². The second kappa shape index (κ2) is 7.61. The average Bonchev–Trinajstić information content (AvgIpc) is 2.97. The minimum atomic E-state index is -2.69. The summed E-state index contributed by atoms with van der Waals surface area (Å²) in [6, 6.07) is 3.09. The summed E-state index contributed by atoms with van der Waals surface area (Å²) >= 11 is 0. The van der Waals surface area contributed by atoms with Gasteiger partial charge < -0.3 is 9.64 Å². The van der Waals surface area contributed by atoms with Gasteiger partial charge in [0.1, 0.15) is 5.69 Å². The molecule has 2 aliphatic heterocycles. The first-order chi connectivity index (χ1) is 11.6. The number of aromatic nitrogens is 1. The molecule has 7 heteroatoms. The van der Waals surface area contributed by atoms with Crippen molar-refractivity contribution in [2.75, 3.05) is 45.9 Å². The number of halogens is 2. The van der Waals surface area contributed by atoms with Crippen molar-refractivity contribution in [1.82, 2.24) is 14.4 Å². The van der Waals surface area contributed by atoms with E-state index in [1.165, 1.54) is 6.07 Å². The number of nitrogens with zero attached hydrogens (tertiary/aromatic N) is 3. The Hall–Kier alpha value is -1.47. The van der Waals surface area contributed by atoms with Crippen LogP contribution in [0.5, 0.6) is 0 Å². The molecule has 2 fully saturated rings. The van der Waals surface area contributed by atoms with E-state index in [2.05, 4.69) is 4.90 Å². The number of piperidine rings is 1. The summed E-state index contributed by atoms with van der Waals surface area (Å²) < 4.78 is 32.6. The fraction of sp³-hybridized carbons (Fsp3) is 0.706. The molecule has 1 amide bonds. The van der Waals surface area contributed by atoms with Crippen molar-refractivity contribution in [1.29, 1.82) is 0 Å². The van der Waals surface area contributed by atoms with Gasteiger partial charge in [-0.2, -0.15) is 8.78 Å². The van der Waals surface area contributed by atoms with Crippen LogP contribution in [0.1, 0.15) is 35.6 Å². The van der Waals surface area contributed by atoms with Crippen LogP contribution < -0.4 is 0 Å². The van der Waals surface area contributed by atoms with Crippen LogP contribution in [0.3, 0.4) is 0 Å². The molecule has 0 spiro atoms. The molecule has 0 radical (unpaired) electrons. The maximum absolute atomic E-state index is 13.2. The highest BCUT2D eigenvalue weighted by Gasteiger charge is 2.29. The van der Waals surface area contributed by atoms with E-state index < -0.39 is 6.55 Å². The largest absolute Gasteiger partial charge is 0.379 e. The summed E-state index contributed by atoms with van der Waals surface area (Å²) in [6.07, 6.45) is 2.01. The lowest BCUT2D eigenvalue weighted by Gasteiger charge is -2.36. The number of carbonyl (C=O) groups is 1. The third kappa shape index (κ3) is 3.78. The van der Waals surface area contributed by atoms with Crippen LogP contribution in [-0.4, -0.2) is 66.2 Å². The Kier molecular flexibility index (Phi) is 5.50. The SMILES string of the molecule is Cc1ccc(C(=O)N2CCC[C@@H](CN3CCOCC3)C2)n1C(F)F. The number of hydrogen-bond donors (Lipinski definition) is 0. The van der Waals surface area contributed by atoms with Gasteiger partial charge in [-0.05, 0) is 37.8 Å². The Morgan fingerprint density at radius 1 is 1.29 bits per heavy atom. The van der Waals surface area contributed by atoms with E-state index in [0.29, 0.717) is 24.7 Å². The predicted octanol–water partition coefficient (Wildman–Crippen LogP) is 2.38. The van der Waals surface area contributed by atoms with Gasteiger partial charge in [0.25, 0.3) is 5.91 Å². The molecule has 0 bridgehead atoms. The number of hydrogen-bond acceptors (Lipinski definition) is 3. The van der Waals surface area contributed by atoms with Crippen LogP contribution in [0.4, 0.5) is 8.78 Å². The fourth-order valence-corrected chi connectivity index (χ4v) is 3.69. The van der Waals surface area contributed by atoms with E-state index in [0.717, 1.165) is 50.3 Å². The van der Waals surface area contributed by atoms with E-state index in [9.17, 15) is 13.6 Å². The minimum absolute atomic E-state index is 0.0922. The predicted molar refractivity (Wildman–Crippen MR) is 86.3 cm³/mol. The third-order valence-electron chi connectivity index (χ3n) is 4.96. The summed E-state index contributed by atoms with van der Waals surface area (Å²) in [5.41, 5.74) is 0.504. The Morgan fingerprint density at radius 3 is 2.75 bits per heavy atom. The zero-order valence-electron chi connectivity index (χ0n) is 14.1. The van der Waals surface area contributed by atoms with E-state index in [1.54, 1.807) is 17.9 Å². The number of carbonyl (C=O) groups excluding carboxylic acids is 1. The molecule has 24 heavy (non-hydrogen) atoms. The number of likely N-dealkylation sites (tertiary alicyclic amines) is 1. The van der Waals surface area contributed by atoms with E-state index >= 15 is 0 Å². The molecule has 1 aromatic rings. The first-order valence-corrected chi connectivity index (χ1v) is 8.61. The topological polar surface area (TPSA) is 37.7 Å². The summed E-state index contributed by atoms with van der Waals surface area (Å²) in [6.45, 7) is 4.52. The first-order valence-electron chi connectivity index (χ1n) is 8.61. The van der Waals surface area contributed by atoms with Gasteiger partial charge in [0, 0.05) is 38.4 Å². The number of rotatable bonds is 4. The number of amides is 1. The molecular weight excluding hydrogens is 316 g/mol. The molecule has 0 saturated carbocycles. The van der Waals surface area contributed by atoms with Crippen molar-refractivity contribution in [3.63, 3.8) is 0 Å². The van der Waals surface area contributed by atoms with Crippen molar-refractivity contribution < 1.29 is 18.3 Å². The number of alkyl halides is 2. The zero-order chi connectivity index (χ0) is 17.1. The van der Waals surface area contributed by atoms with Crippen LogP contribution in [0.15, 0.2) is 12.1 Å². The van der Waals surface area contributed by atoms with E-state index in [4.69, 9.17) is 4.74 Å². The lowest BCUT2D eigenvalue weighted by molar-refractivity contribution is 0.0216. The normalized spacial score (nSPS) is 23.0. The van der Waals surface area contributed by atoms with Gasteiger partial charge in [0.2, 0.25) is 0 Å². The van der Waals surface area contributed by atoms with Crippen molar-refractivity contribution in [2.45, 2.75) is 26.3 Å². The molecule has 0 aromatic carbocycles. The minimum Gasteiger partial charge on any atom is -0.379 e. The lowest BCUT2D eigenvalue weighted by atomic mass is 9.97. The van der Waals surface area contributed by atoms with E-state index in [1.807, 2.05) is 0 Å². The number of aryl methyl sites for hydroxylation is 1. The molecule has 0 N–H and O–H groups in total. The molecule has 3 heterocycles. The van der Waals surface area contributed by atoms with Gasteiger partial charge in [0.15, 0.2) is 0 Å². The van der Waals surface area contributed by atoms with Gasteiger partial charge in [-0.3, -0.25) is 14.3 Å². The van der Waals surface area contributed by atoms with E-state index in [-0.39, 0.29) is 11.6 Å². The van der Waals surface area contributed by atoms with Gasteiger partial charge in [-0.25, -0.2) is 0 Å². The third-order valence-corrected chi connectivity index (χ3v) is 4.96. The van der Waals surface area contributed by atoms with Gasteiger partial charge >= 0.3 is 6.55 Å². The van der Waals surface area contributed by atoms with Crippen molar-refractivity contribution in [2.24, 2.45) is 5.92 Å². The highest BCUT2D eigenvalue weighted by Crippen LogP contribution is 2.24. The molecule has 2 aliphatic rings. The molecular formula is C17H25F2N3O2. The first kappa shape index (κ1) is 17.4. The van der Waals surface area contributed by atoms with Crippen LogP contribution in [0, 0.1) is 12.8 Å². The quantitative estimate of drug-likeness (QED) is 0.844. The molecule has 1 atom stereocenters. The fourth-order valence-electron chi connectivity index (χ4n) is 3.69. The molecule has 1 aromatic heterocycles. The van der Waals surface area contributed by atoms with Crippen molar-refractivity contribution in [3.8, 4) is 0 Å². The van der Waals surface area contributed by atoms with Crippen molar-refractivity contribution >= 4 is 5.91 Å². The molecule has 3 rings (SSSR count). The highest BCUT2D eigenvalue weighted by molar-refractivity contribution is 5.93. The van der Waals surface area contributed by atoms with Crippen LogP contribution in [-0.2, 0) is 4.74 Å². The molecule has 2 saturated heterocycles. The Balaban J connectivity index is 1.64. The summed E-state index contributed by atoms with van der Waals surface area (Å²) in [5, 5.41) is 0. The molecule has 0 aliphatic carbocycles. The van der Waals surface area contributed by atoms with Crippen LogP contribution in [0.2, 0.25) is 0 Å². The summed E-state index contributed by atoms with van der Waals surface area (Å²) in [5.74, 6) is 0.118. The summed E-state index contributed by atoms with van der Waals surface area (Å²) in [7, 11) is 0. The second-order valence-electron chi connectivity index (χ2n) is 6.68. The highest BCUT2D eigenvalue weighted by atomic mass is 19.3. The summed E-state index contributed by atoms with van der Waals surface area (Å²) in [4.78, 5) is 16.8. The number of ether oxygens (including phenoxy) is 1. The standard InChI is InChI=1S/C17H25F2N3O2/c1-13-4-5-15(22(13)17(18)19)16(23)21-6-2-3-14(12-21)11-20-7-9-24-10-8-20/h4-5,14,17H,2-3,6-12H2,1H3/t14-/m0/s1. The number of morpholine rings is 1. The van der Waals surface area contributed by atoms with Gasteiger partial charge in [-0.1, -0.05) is 0 Å². The average molecular weight is 341 g/mol. The molecule has 0 unspecified atom stereocenters. The Labute approximate surface area is 141 Å². The maximum atomic E-state index is 13.2. The van der Waals surface area contributed by atoms with Gasteiger partial charge in [-0.15, -0.1) is 0 Å². The maximum Gasteiger partial charge on any atom is 0.319 e. The zero-order valence-corrected chi connectivity index (χ0v) is 14.1. The van der Waals surface area contributed by atoms with Crippen molar-refractivity contribution in [3.05, 3.63) is 23.5 Å². The second-order valence-corrected chi connectivity index (χ2v) is 6.68. The molecule has 134 valence electrons. The smallest absolute Gasteiger partial charge is 0.319 e.